The third kappa shape index (κ3) is 6.73. The van der Waals surface area contributed by atoms with Gasteiger partial charge >= 0.3 is 5.91 Å². The molecule has 248 valence electrons. The normalized spacial score (nSPS) is 18.9. The van der Waals surface area contributed by atoms with Crippen LogP contribution < -0.4 is 0 Å². The summed E-state index contributed by atoms with van der Waals surface area (Å²) in [5.74, 6) is -0.00487. The largest absolute Gasteiger partial charge is 0.427 e. The Balaban J connectivity index is 1.23. The van der Waals surface area contributed by atoms with Crippen molar-refractivity contribution in [2.45, 2.75) is 13.8 Å². The maximum Gasteiger partial charge on any atom is 0.427 e. The highest BCUT2D eigenvalue weighted by atomic mass is 32.2. The minimum Gasteiger partial charge on any atom is -0.335 e. The average molecular weight is 709 g/mol. The van der Waals surface area contributed by atoms with Crippen LogP contribution in [0, 0.1) is 0 Å². The summed E-state index contributed by atoms with van der Waals surface area (Å²) < 4.78 is 1.84. The molecule has 0 radical (unpaired) electrons. The van der Waals surface area contributed by atoms with E-state index in [0.29, 0.717) is 11.4 Å². The average Bonchev–Trinajstić information content (AvgIpc) is 3.83. The van der Waals surface area contributed by atoms with Crippen molar-refractivity contribution in [1.82, 2.24) is 9.80 Å². The monoisotopic (exact) mass is 708 g/mol. The van der Waals surface area contributed by atoms with Gasteiger partial charge in [-0.05, 0) is 66.1 Å². The van der Waals surface area contributed by atoms with Crippen LogP contribution in [-0.4, -0.2) is 45.0 Å². The second-order valence-corrected chi connectivity index (χ2v) is 14.8. The van der Waals surface area contributed by atoms with Crippen LogP contribution in [-0.2, 0) is 4.79 Å². The summed E-state index contributed by atoms with van der Waals surface area (Å²) in [5, 5.41) is 3.10. The van der Waals surface area contributed by atoms with E-state index in [1.165, 1.54) is 55.2 Å². The molecule has 4 nitrogen and oxygen atoms in total. The zero-order valence-corrected chi connectivity index (χ0v) is 30.6. The molecule has 0 aromatic heterocycles. The van der Waals surface area contributed by atoms with Crippen molar-refractivity contribution >= 4 is 67.4 Å². The SMILES string of the molecule is C=CC[N+]1=C(/C=C2\SC(c3ccccc3)=C(c3ccccc3)N2CC)S/C(=C/C=C2\SC(c3ccccc3)=C(c3ccccc3)N2CC)C1=O. The summed E-state index contributed by atoms with van der Waals surface area (Å²) in [4.78, 5) is 21.8. The molecule has 0 fully saturated rings. The first-order chi connectivity index (χ1) is 24.6. The highest BCUT2D eigenvalue weighted by Crippen LogP contribution is 2.52. The van der Waals surface area contributed by atoms with Crippen molar-refractivity contribution in [3.63, 3.8) is 0 Å². The Morgan fingerprint density at radius 3 is 1.50 bits per heavy atom. The number of thioether (sulfide) groups is 3. The molecule has 4 aromatic rings. The molecule has 0 spiro atoms. The maximum absolute atomic E-state index is 14.0. The van der Waals surface area contributed by atoms with Crippen LogP contribution in [0.2, 0.25) is 0 Å². The Morgan fingerprint density at radius 1 is 0.600 bits per heavy atom. The minimum absolute atomic E-state index is 0.00487. The van der Waals surface area contributed by atoms with E-state index in [4.69, 9.17) is 0 Å². The molecule has 0 atom stereocenters. The molecule has 3 heterocycles. The maximum atomic E-state index is 14.0. The third-order valence-corrected chi connectivity index (χ3v) is 12.0. The van der Waals surface area contributed by atoms with Gasteiger partial charge in [-0.3, -0.25) is 0 Å². The van der Waals surface area contributed by atoms with Gasteiger partial charge in [-0.15, -0.1) is 4.58 Å². The fraction of sp³-hybridized carbons (Fsp3) is 0.116. The number of nitrogens with zero attached hydrogens (tertiary/aromatic N) is 3. The molecule has 3 aliphatic rings. The van der Waals surface area contributed by atoms with Crippen LogP contribution in [0.5, 0.6) is 0 Å². The Bertz CT molecular complexity index is 2100. The Hall–Kier alpha value is -4.69. The smallest absolute Gasteiger partial charge is 0.335 e. The number of hydrogen-bond acceptors (Lipinski definition) is 6. The topological polar surface area (TPSA) is 26.6 Å². The van der Waals surface area contributed by atoms with Gasteiger partial charge in [-0.2, -0.15) is 0 Å². The molecule has 3 aliphatic heterocycles. The van der Waals surface area contributed by atoms with Crippen LogP contribution >= 0.6 is 35.3 Å². The summed E-state index contributed by atoms with van der Waals surface area (Å²) >= 11 is 5.06. The van der Waals surface area contributed by atoms with Gasteiger partial charge in [-0.25, -0.2) is 4.79 Å². The molecule has 4 aromatic carbocycles. The zero-order chi connectivity index (χ0) is 34.5. The van der Waals surface area contributed by atoms with Gasteiger partial charge in [0.2, 0.25) is 0 Å². The number of hydrogen-bond donors (Lipinski definition) is 0. The van der Waals surface area contributed by atoms with Crippen LogP contribution in [0.4, 0.5) is 0 Å². The molecule has 7 rings (SSSR count). The first-order valence-corrected chi connectivity index (χ1v) is 19.3. The van der Waals surface area contributed by atoms with Crippen molar-refractivity contribution in [2.24, 2.45) is 0 Å². The van der Waals surface area contributed by atoms with Gasteiger partial charge in [0.25, 0.3) is 5.04 Å². The number of rotatable bonds is 10. The molecule has 0 unspecified atom stereocenters. The van der Waals surface area contributed by atoms with E-state index >= 15 is 0 Å². The van der Waals surface area contributed by atoms with Gasteiger partial charge < -0.3 is 9.80 Å². The summed E-state index contributed by atoms with van der Waals surface area (Å²) in [6, 6.07) is 42.3. The summed E-state index contributed by atoms with van der Waals surface area (Å²) in [6.07, 6.45) is 8.09. The fourth-order valence-electron chi connectivity index (χ4n) is 6.29. The van der Waals surface area contributed by atoms with E-state index in [9.17, 15) is 4.79 Å². The lowest BCUT2D eigenvalue weighted by molar-refractivity contribution is -0.428. The molecule has 7 heteroatoms. The van der Waals surface area contributed by atoms with E-state index < -0.39 is 0 Å². The van der Waals surface area contributed by atoms with Crippen LogP contribution in [0.15, 0.2) is 167 Å². The fourth-order valence-corrected chi connectivity index (χ4v) is 9.90. The summed E-state index contributed by atoms with van der Waals surface area (Å²) in [6.45, 7) is 10.4. The molecule has 0 saturated heterocycles. The minimum atomic E-state index is -0.00487. The lowest BCUT2D eigenvalue weighted by Crippen LogP contribution is -2.21. The van der Waals surface area contributed by atoms with Gasteiger partial charge in [0.1, 0.15) is 4.91 Å². The first-order valence-electron chi connectivity index (χ1n) is 16.8. The van der Waals surface area contributed by atoms with E-state index in [2.05, 4.69) is 164 Å². The van der Waals surface area contributed by atoms with Crippen molar-refractivity contribution in [2.75, 3.05) is 19.6 Å². The Kier molecular flexibility index (Phi) is 10.5. The number of carbonyl (C=O) groups is 1. The number of allylic oxidation sites excluding steroid dienone is 2. The van der Waals surface area contributed by atoms with Gasteiger partial charge in [-0.1, -0.05) is 151 Å². The third-order valence-electron chi connectivity index (χ3n) is 8.59. The molecule has 0 N–H and O–H groups in total. The lowest BCUT2D eigenvalue weighted by atomic mass is 10.1. The van der Waals surface area contributed by atoms with Crippen LogP contribution in [0.3, 0.4) is 0 Å². The predicted molar refractivity (Wildman–Crippen MR) is 217 cm³/mol. The molecule has 0 aliphatic carbocycles. The van der Waals surface area contributed by atoms with E-state index in [1.807, 2.05) is 10.7 Å². The van der Waals surface area contributed by atoms with Crippen molar-refractivity contribution < 1.29 is 9.37 Å². The molecular formula is C43H38N3OS3+. The van der Waals surface area contributed by atoms with Gasteiger partial charge in [0.15, 0.2) is 6.54 Å². The quantitative estimate of drug-likeness (QED) is 0.0925. The lowest BCUT2D eigenvalue weighted by Gasteiger charge is -2.21. The predicted octanol–water partition coefficient (Wildman–Crippen LogP) is 10.6. The van der Waals surface area contributed by atoms with Crippen LogP contribution in [0.25, 0.3) is 21.2 Å². The van der Waals surface area contributed by atoms with E-state index in [1.54, 1.807) is 29.6 Å². The Morgan fingerprint density at radius 2 is 1.04 bits per heavy atom. The molecule has 0 saturated carbocycles. The van der Waals surface area contributed by atoms with Crippen molar-refractivity contribution in [3.8, 4) is 0 Å². The van der Waals surface area contributed by atoms with Gasteiger partial charge in [0.05, 0.1) is 21.5 Å². The van der Waals surface area contributed by atoms with Crippen molar-refractivity contribution in [1.29, 1.82) is 0 Å². The Labute approximate surface area is 308 Å². The zero-order valence-electron chi connectivity index (χ0n) is 28.2. The second kappa shape index (κ2) is 15.5. The number of amides is 1. The highest BCUT2D eigenvalue weighted by Gasteiger charge is 2.38. The first kappa shape index (κ1) is 33.8. The molecule has 50 heavy (non-hydrogen) atoms. The molecular weight excluding hydrogens is 671 g/mol. The second-order valence-electron chi connectivity index (χ2n) is 11.7. The highest BCUT2D eigenvalue weighted by molar-refractivity contribution is 8.18. The molecule has 1 amide bonds. The number of carbonyl (C=O) groups excluding carboxylic acids is 1. The standard InChI is InChI=1S/C43H38N3OS3/c1-4-29-46-38(30-37-45(6-3)40(32-21-13-8-14-22-32)42(50-37)34-25-17-10-18-26-34)48-35(43(46)47)27-28-36-44(5-2)39(31-19-11-7-12-20-31)41(49-36)33-23-15-9-16-24-33/h4,7-28,30H,1,5-6,29H2,2-3H3/q+1/b35-27+,36-28-. The number of benzene rings is 4. The summed E-state index contributed by atoms with van der Waals surface area (Å²) in [7, 11) is 0. The molecule has 0 bridgehead atoms. The van der Waals surface area contributed by atoms with Crippen molar-refractivity contribution in [3.05, 3.63) is 189 Å². The van der Waals surface area contributed by atoms with Crippen LogP contribution in [0.1, 0.15) is 36.1 Å². The summed E-state index contributed by atoms with van der Waals surface area (Å²) in [5.41, 5.74) is 7.10. The van der Waals surface area contributed by atoms with E-state index in [0.717, 1.165) is 28.2 Å². The van der Waals surface area contributed by atoms with E-state index in [-0.39, 0.29) is 5.91 Å². The van der Waals surface area contributed by atoms with Gasteiger partial charge in [0, 0.05) is 29.0 Å².